The summed E-state index contributed by atoms with van der Waals surface area (Å²) in [5, 5.41) is 21.4. The number of nitrogens with one attached hydrogen (secondary N) is 2. The molecule has 0 bridgehead atoms. The maximum atomic E-state index is 11.8. The van der Waals surface area contributed by atoms with Gasteiger partial charge in [-0.3, -0.25) is 19.2 Å². The van der Waals surface area contributed by atoms with Crippen LogP contribution in [0.2, 0.25) is 0 Å². The largest absolute Gasteiger partial charge is 0.481 e. The van der Waals surface area contributed by atoms with Crippen LogP contribution in [0.3, 0.4) is 0 Å². The smallest absolute Gasteiger partial charge is 0.326 e. The van der Waals surface area contributed by atoms with Gasteiger partial charge in [0.1, 0.15) is 12.1 Å². The second kappa shape index (κ2) is 8.47. The number of primary amides is 1. The van der Waals surface area contributed by atoms with E-state index in [1.54, 1.807) is 0 Å². The fourth-order valence-corrected chi connectivity index (χ4v) is 1.31. The van der Waals surface area contributed by atoms with Crippen LogP contribution in [0.15, 0.2) is 0 Å². The predicted molar refractivity (Wildman–Crippen MR) is 66.6 cm³/mol. The molecule has 0 radical (unpaired) electrons. The molecular formula is C10H16N4O7. The van der Waals surface area contributed by atoms with Crippen LogP contribution < -0.4 is 22.1 Å². The van der Waals surface area contributed by atoms with Gasteiger partial charge in [0.2, 0.25) is 17.7 Å². The zero-order valence-electron chi connectivity index (χ0n) is 10.9. The van der Waals surface area contributed by atoms with Crippen molar-refractivity contribution in [2.45, 2.75) is 24.9 Å². The molecule has 21 heavy (non-hydrogen) atoms. The lowest BCUT2D eigenvalue weighted by atomic mass is 10.1. The van der Waals surface area contributed by atoms with Crippen LogP contribution in [-0.2, 0) is 24.0 Å². The number of carboxylic acid groups (broad SMARTS) is 2. The third-order valence-corrected chi connectivity index (χ3v) is 2.24. The maximum absolute atomic E-state index is 11.8. The molecule has 3 amide bonds. The number of hydrogen-bond acceptors (Lipinski definition) is 6. The van der Waals surface area contributed by atoms with Crippen molar-refractivity contribution >= 4 is 29.7 Å². The first-order valence-electron chi connectivity index (χ1n) is 5.70. The predicted octanol–water partition coefficient (Wildman–Crippen LogP) is -3.65. The van der Waals surface area contributed by atoms with Gasteiger partial charge >= 0.3 is 11.9 Å². The van der Waals surface area contributed by atoms with E-state index >= 15 is 0 Å². The fourth-order valence-electron chi connectivity index (χ4n) is 1.31. The monoisotopic (exact) mass is 304 g/mol. The number of amides is 3. The Morgan fingerprint density at radius 3 is 1.90 bits per heavy atom. The van der Waals surface area contributed by atoms with Gasteiger partial charge in [-0.15, -0.1) is 0 Å². The molecule has 0 aliphatic rings. The topological polar surface area (TPSA) is 202 Å². The van der Waals surface area contributed by atoms with E-state index in [0.717, 1.165) is 0 Å². The summed E-state index contributed by atoms with van der Waals surface area (Å²) in [6.45, 7) is -0.479. The van der Waals surface area contributed by atoms with Crippen LogP contribution in [0.25, 0.3) is 0 Å². The van der Waals surface area contributed by atoms with E-state index in [4.69, 9.17) is 21.7 Å². The number of aliphatic carboxylic acids is 2. The molecule has 0 fully saturated rings. The zero-order valence-corrected chi connectivity index (χ0v) is 10.9. The average molecular weight is 304 g/mol. The van der Waals surface area contributed by atoms with Crippen LogP contribution in [0.4, 0.5) is 0 Å². The summed E-state index contributed by atoms with van der Waals surface area (Å²) < 4.78 is 0. The molecule has 0 spiro atoms. The zero-order chi connectivity index (χ0) is 16.6. The lowest BCUT2D eigenvalue weighted by Gasteiger charge is -2.19. The molecule has 0 aliphatic carbocycles. The standard InChI is InChI=1S/C10H16N4O7/c11-3-7(16)13-4(2-8(17)18)9(19)14-5(10(20)21)1-6(12)15/h4-5H,1-3,11H2,(H2,12,15)(H,13,16)(H,14,19)(H,17,18)(H,20,21). The number of carbonyl (C=O) groups excluding carboxylic acids is 3. The normalized spacial score (nSPS) is 12.8. The van der Waals surface area contributed by atoms with Gasteiger partial charge in [0, 0.05) is 0 Å². The molecule has 118 valence electrons. The lowest BCUT2D eigenvalue weighted by molar-refractivity contribution is -0.144. The first kappa shape index (κ1) is 18.3. The first-order valence-corrected chi connectivity index (χ1v) is 5.70. The van der Waals surface area contributed by atoms with Crippen molar-refractivity contribution < 1.29 is 34.2 Å². The van der Waals surface area contributed by atoms with E-state index < -0.39 is 61.1 Å². The summed E-state index contributed by atoms with van der Waals surface area (Å²) in [7, 11) is 0. The Balaban J connectivity index is 4.91. The third kappa shape index (κ3) is 7.47. The number of carboxylic acids is 2. The van der Waals surface area contributed by atoms with Crippen molar-refractivity contribution in [3.05, 3.63) is 0 Å². The highest BCUT2D eigenvalue weighted by atomic mass is 16.4. The van der Waals surface area contributed by atoms with Gasteiger partial charge in [-0.25, -0.2) is 4.79 Å². The van der Waals surface area contributed by atoms with Gasteiger partial charge in [0.15, 0.2) is 0 Å². The highest BCUT2D eigenvalue weighted by molar-refractivity contribution is 5.94. The van der Waals surface area contributed by atoms with E-state index in [1.807, 2.05) is 10.6 Å². The van der Waals surface area contributed by atoms with E-state index in [9.17, 15) is 24.0 Å². The molecule has 11 heteroatoms. The van der Waals surface area contributed by atoms with Crippen molar-refractivity contribution in [3.63, 3.8) is 0 Å². The fraction of sp³-hybridized carbons (Fsp3) is 0.500. The highest BCUT2D eigenvalue weighted by Crippen LogP contribution is 1.98. The van der Waals surface area contributed by atoms with Crippen molar-refractivity contribution in [2.75, 3.05) is 6.54 Å². The molecule has 0 aliphatic heterocycles. The molecule has 0 saturated carbocycles. The van der Waals surface area contributed by atoms with Gasteiger partial charge in [0.05, 0.1) is 19.4 Å². The van der Waals surface area contributed by atoms with Crippen molar-refractivity contribution in [2.24, 2.45) is 11.5 Å². The molecular weight excluding hydrogens is 288 g/mol. The quantitative estimate of drug-likeness (QED) is 0.250. The van der Waals surface area contributed by atoms with Crippen molar-refractivity contribution in [1.82, 2.24) is 10.6 Å². The van der Waals surface area contributed by atoms with E-state index in [1.165, 1.54) is 0 Å². The Kier molecular flexibility index (Phi) is 7.39. The minimum Gasteiger partial charge on any atom is -0.481 e. The van der Waals surface area contributed by atoms with E-state index in [0.29, 0.717) is 0 Å². The summed E-state index contributed by atoms with van der Waals surface area (Å²) in [6, 6.07) is -3.14. The van der Waals surface area contributed by atoms with Gasteiger partial charge in [-0.1, -0.05) is 0 Å². The SMILES string of the molecule is NCC(=O)NC(CC(=O)O)C(=O)NC(CC(N)=O)C(=O)O. The third-order valence-electron chi connectivity index (χ3n) is 2.24. The molecule has 0 aromatic carbocycles. The molecule has 2 atom stereocenters. The molecule has 8 N–H and O–H groups in total. The second-order valence-corrected chi connectivity index (χ2v) is 3.99. The Hall–Kier alpha value is -2.69. The van der Waals surface area contributed by atoms with Gasteiger partial charge in [-0.2, -0.15) is 0 Å². The maximum Gasteiger partial charge on any atom is 0.326 e. The molecule has 0 rings (SSSR count). The molecule has 0 aromatic rings. The van der Waals surface area contributed by atoms with Crippen LogP contribution in [0.5, 0.6) is 0 Å². The minimum absolute atomic E-state index is 0.479. The van der Waals surface area contributed by atoms with Gasteiger partial charge in [-0.05, 0) is 0 Å². The molecule has 11 nitrogen and oxygen atoms in total. The second-order valence-electron chi connectivity index (χ2n) is 3.99. The molecule has 2 unspecified atom stereocenters. The van der Waals surface area contributed by atoms with Gasteiger partial charge in [0.25, 0.3) is 0 Å². The van der Waals surface area contributed by atoms with Gasteiger partial charge < -0.3 is 32.3 Å². The van der Waals surface area contributed by atoms with E-state index in [-0.39, 0.29) is 0 Å². The summed E-state index contributed by atoms with van der Waals surface area (Å²) in [6.07, 6.45) is -1.45. The van der Waals surface area contributed by atoms with Crippen LogP contribution in [0.1, 0.15) is 12.8 Å². The Morgan fingerprint density at radius 2 is 1.52 bits per heavy atom. The summed E-state index contributed by atoms with van der Waals surface area (Å²) in [4.78, 5) is 55.1. The molecule has 0 heterocycles. The first-order chi connectivity index (χ1) is 9.67. The number of carbonyl (C=O) groups is 5. The lowest BCUT2D eigenvalue weighted by Crippen LogP contribution is -2.53. The minimum atomic E-state index is -1.62. The summed E-state index contributed by atoms with van der Waals surface area (Å²) in [5.74, 6) is -5.76. The summed E-state index contributed by atoms with van der Waals surface area (Å²) >= 11 is 0. The Morgan fingerprint density at radius 1 is 0.952 bits per heavy atom. The number of hydrogen-bond donors (Lipinski definition) is 6. The average Bonchev–Trinajstić information content (AvgIpc) is 2.35. The Bertz CT molecular complexity index is 451. The summed E-state index contributed by atoms with van der Waals surface area (Å²) in [5.41, 5.74) is 9.85. The number of nitrogens with two attached hydrogens (primary N) is 2. The van der Waals surface area contributed by atoms with E-state index in [2.05, 4.69) is 0 Å². The van der Waals surface area contributed by atoms with Crippen LogP contribution in [-0.4, -0.2) is 58.5 Å². The van der Waals surface area contributed by atoms with Crippen molar-refractivity contribution in [1.29, 1.82) is 0 Å². The Labute approximate surface area is 118 Å². The molecule has 0 aromatic heterocycles. The molecule has 0 saturated heterocycles. The highest BCUT2D eigenvalue weighted by Gasteiger charge is 2.28. The van der Waals surface area contributed by atoms with Crippen molar-refractivity contribution in [3.8, 4) is 0 Å². The van der Waals surface area contributed by atoms with Crippen LogP contribution in [0, 0.1) is 0 Å². The number of rotatable bonds is 9. The van der Waals surface area contributed by atoms with Crippen LogP contribution >= 0.6 is 0 Å².